The Morgan fingerprint density at radius 1 is 0.900 bits per heavy atom. The zero-order valence-corrected chi connectivity index (χ0v) is 15.6. The molecule has 0 amide bonds. The van der Waals surface area contributed by atoms with Gasteiger partial charge in [0.05, 0.1) is 0 Å². The van der Waals surface area contributed by atoms with Crippen molar-refractivity contribution in [3.8, 4) is 0 Å². The molecule has 0 radical (unpaired) electrons. The van der Waals surface area contributed by atoms with Crippen molar-refractivity contribution in [1.29, 1.82) is 0 Å². The summed E-state index contributed by atoms with van der Waals surface area (Å²) in [6.07, 6.45) is 6.69. The summed E-state index contributed by atoms with van der Waals surface area (Å²) in [6, 6.07) is 0.690. The summed E-state index contributed by atoms with van der Waals surface area (Å²) in [6.45, 7) is 21.6. The molecule has 0 aromatic rings. The lowest BCUT2D eigenvalue weighted by molar-refractivity contribution is 0.0801. The third-order valence-corrected chi connectivity index (χ3v) is 5.52. The van der Waals surface area contributed by atoms with Crippen molar-refractivity contribution < 1.29 is 0 Å². The average Bonchev–Trinajstić information content (AvgIpc) is 2.38. The fraction of sp³-hybridized carbons (Fsp3) is 1.00. The molecular weight excluding hydrogens is 242 g/mol. The smallest absolute Gasteiger partial charge is 0.00975 e. The molecule has 1 nitrogen and oxygen atoms in total. The van der Waals surface area contributed by atoms with Crippen molar-refractivity contribution in [3.63, 3.8) is 0 Å². The molecule has 0 spiro atoms. The van der Waals surface area contributed by atoms with Crippen LogP contribution in [0, 0.1) is 17.3 Å². The van der Waals surface area contributed by atoms with Crippen LogP contribution in [0.5, 0.6) is 0 Å². The van der Waals surface area contributed by atoms with E-state index in [0.717, 1.165) is 11.8 Å². The molecule has 0 N–H and O–H groups in total. The molecule has 0 fully saturated rings. The summed E-state index contributed by atoms with van der Waals surface area (Å²) in [4.78, 5) is 2.70. The molecule has 3 unspecified atom stereocenters. The predicted octanol–water partition coefficient (Wildman–Crippen LogP) is 5.99. The van der Waals surface area contributed by atoms with Gasteiger partial charge in [0.1, 0.15) is 0 Å². The summed E-state index contributed by atoms with van der Waals surface area (Å²) in [7, 11) is 0. The Kier molecular flexibility index (Phi) is 9.80. The quantitative estimate of drug-likeness (QED) is 0.450. The van der Waals surface area contributed by atoms with Crippen molar-refractivity contribution in [3.05, 3.63) is 0 Å². The highest BCUT2D eigenvalue weighted by molar-refractivity contribution is 4.83. The number of hydrogen-bond acceptors (Lipinski definition) is 1. The first-order valence-corrected chi connectivity index (χ1v) is 9.04. The van der Waals surface area contributed by atoms with Crippen molar-refractivity contribution in [2.75, 3.05) is 13.1 Å². The van der Waals surface area contributed by atoms with E-state index in [4.69, 9.17) is 0 Å². The molecule has 0 aromatic carbocycles. The van der Waals surface area contributed by atoms with Gasteiger partial charge in [-0.15, -0.1) is 0 Å². The normalized spacial score (nSPS) is 17.2. The van der Waals surface area contributed by atoms with E-state index in [2.05, 4.69) is 60.3 Å². The third-order valence-electron chi connectivity index (χ3n) is 5.52. The Morgan fingerprint density at radius 2 is 1.50 bits per heavy atom. The van der Waals surface area contributed by atoms with E-state index in [1.807, 2.05) is 0 Å². The first-order valence-electron chi connectivity index (χ1n) is 9.04. The van der Waals surface area contributed by atoms with Crippen molar-refractivity contribution in [2.45, 2.75) is 93.5 Å². The van der Waals surface area contributed by atoms with E-state index in [1.165, 1.54) is 45.2 Å². The van der Waals surface area contributed by atoms with Gasteiger partial charge in [-0.05, 0) is 50.1 Å². The lowest BCUT2D eigenvalue weighted by Gasteiger charge is -2.41. The van der Waals surface area contributed by atoms with Crippen LogP contribution < -0.4 is 0 Å². The van der Waals surface area contributed by atoms with E-state index in [0.29, 0.717) is 11.5 Å². The zero-order chi connectivity index (χ0) is 15.8. The van der Waals surface area contributed by atoms with Crippen LogP contribution in [0.15, 0.2) is 0 Å². The Balaban J connectivity index is 4.48. The highest BCUT2D eigenvalue weighted by Crippen LogP contribution is 2.35. The molecule has 0 rings (SSSR count). The molecule has 0 aliphatic heterocycles. The van der Waals surface area contributed by atoms with Crippen LogP contribution in [-0.2, 0) is 0 Å². The van der Waals surface area contributed by atoms with Gasteiger partial charge in [0.25, 0.3) is 0 Å². The molecule has 3 atom stereocenters. The van der Waals surface area contributed by atoms with Gasteiger partial charge in [-0.3, -0.25) is 0 Å². The van der Waals surface area contributed by atoms with E-state index in [-0.39, 0.29) is 0 Å². The van der Waals surface area contributed by atoms with Gasteiger partial charge in [-0.2, -0.15) is 0 Å². The maximum absolute atomic E-state index is 2.70. The standard InChI is InChI=1S/C19H41N/c1-9-12-16(4)13-15-20(11-3)18(6)17(5)19(7,8)14-10-2/h16-18H,9-15H2,1-8H3. The number of nitrogens with zero attached hydrogens (tertiary/aromatic N) is 1. The van der Waals surface area contributed by atoms with E-state index >= 15 is 0 Å². The van der Waals surface area contributed by atoms with Crippen molar-refractivity contribution >= 4 is 0 Å². The molecule has 0 heterocycles. The Morgan fingerprint density at radius 3 is 1.95 bits per heavy atom. The van der Waals surface area contributed by atoms with E-state index < -0.39 is 0 Å². The predicted molar refractivity (Wildman–Crippen MR) is 93.3 cm³/mol. The van der Waals surface area contributed by atoms with Crippen LogP contribution in [0.4, 0.5) is 0 Å². The van der Waals surface area contributed by atoms with Crippen LogP contribution in [0.3, 0.4) is 0 Å². The van der Waals surface area contributed by atoms with Crippen LogP contribution in [0.1, 0.15) is 87.5 Å². The van der Waals surface area contributed by atoms with Gasteiger partial charge in [-0.25, -0.2) is 0 Å². The van der Waals surface area contributed by atoms with Gasteiger partial charge in [-0.1, -0.05) is 67.7 Å². The molecule has 1 heteroatoms. The summed E-state index contributed by atoms with van der Waals surface area (Å²) in [5, 5.41) is 0. The van der Waals surface area contributed by atoms with Crippen LogP contribution in [0.25, 0.3) is 0 Å². The van der Waals surface area contributed by atoms with Crippen LogP contribution >= 0.6 is 0 Å². The Labute approximate surface area is 129 Å². The molecule has 0 aliphatic rings. The summed E-state index contributed by atoms with van der Waals surface area (Å²) < 4.78 is 0. The zero-order valence-electron chi connectivity index (χ0n) is 15.6. The highest BCUT2D eigenvalue weighted by atomic mass is 15.1. The van der Waals surface area contributed by atoms with Crippen molar-refractivity contribution in [2.24, 2.45) is 17.3 Å². The first-order chi connectivity index (χ1) is 9.30. The van der Waals surface area contributed by atoms with Gasteiger partial charge in [0, 0.05) is 6.04 Å². The second-order valence-electron chi connectivity index (χ2n) is 7.58. The minimum absolute atomic E-state index is 0.455. The maximum Gasteiger partial charge on any atom is 0.00975 e. The van der Waals surface area contributed by atoms with Gasteiger partial charge in [0.2, 0.25) is 0 Å². The monoisotopic (exact) mass is 283 g/mol. The second-order valence-corrected chi connectivity index (χ2v) is 7.58. The van der Waals surface area contributed by atoms with Gasteiger partial charge < -0.3 is 4.90 Å². The molecular formula is C19H41N. The second kappa shape index (κ2) is 9.82. The van der Waals surface area contributed by atoms with Crippen LogP contribution in [0.2, 0.25) is 0 Å². The minimum atomic E-state index is 0.455. The topological polar surface area (TPSA) is 3.24 Å². The largest absolute Gasteiger partial charge is 0.301 e. The molecule has 0 aliphatic carbocycles. The van der Waals surface area contributed by atoms with Crippen LogP contribution in [-0.4, -0.2) is 24.0 Å². The summed E-state index contributed by atoms with van der Waals surface area (Å²) >= 11 is 0. The number of rotatable bonds is 11. The van der Waals surface area contributed by atoms with Gasteiger partial charge in [0.15, 0.2) is 0 Å². The fourth-order valence-electron chi connectivity index (χ4n) is 3.51. The first kappa shape index (κ1) is 20.0. The molecule has 20 heavy (non-hydrogen) atoms. The number of hydrogen-bond donors (Lipinski definition) is 0. The Hall–Kier alpha value is -0.0400. The average molecular weight is 284 g/mol. The minimum Gasteiger partial charge on any atom is -0.301 e. The maximum atomic E-state index is 2.70. The highest BCUT2D eigenvalue weighted by Gasteiger charge is 2.31. The molecule has 0 saturated heterocycles. The SMILES string of the molecule is CCCC(C)CCN(CC)C(C)C(C)C(C)(C)CCC. The van der Waals surface area contributed by atoms with Gasteiger partial charge >= 0.3 is 0 Å². The Bertz CT molecular complexity index is 234. The third kappa shape index (κ3) is 6.61. The van der Waals surface area contributed by atoms with Crippen molar-refractivity contribution in [1.82, 2.24) is 4.90 Å². The van der Waals surface area contributed by atoms with E-state index in [1.54, 1.807) is 0 Å². The molecule has 0 aromatic heterocycles. The lowest BCUT2D eigenvalue weighted by atomic mass is 9.73. The molecule has 0 saturated carbocycles. The van der Waals surface area contributed by atoms with E-state index in [9.17, 15) is 0 Å². The lowest BCUT2D eigenvalue weighted by Crippen LogP contribution is -2.43. The summed E-state index contributed by atoms with van der Waals surface area (Å²) in [5.41, 5.74) is 0.455. The molecule has 0 bridgehead atoms. The fourth-order valence-corrected chi connectivity index (χ4v) is 3.51. The summed E-state index contributed by atoms with van der Waals surface area (Å²) in [5.74, 6) is 1.63. The molecule has 122 valence electrons.